The number of nitrogens with zero attached hydrogens (tertiary/aromatic N) is 2. The third kappa shape index (κ3) is 3.66. The number of carbonyl (C=O) groups is 1. The summed E-state index contributed by atoms with van der Waals surface area (Å²) in [5, 5.41) is 7.95. The maximum Gasteiger partial charge on any atom is 0.339 e. The lowest BCUT2D eigenvalue weighted by atomic mass is 10.2. The van der Waals surface area contributed by atoms with Gasteiger partial charge in [0.1, 0.15) is 0 Å². The molecule has 0 saturated carbocycles. The van der Waals surface area contributed by atoms with Gasteiger partial charge in [-0.1, -0.05) is 18.2 Å². The molecule has 0 aliphatic carbocycles. The first kappa shape index (κ1) is 17.5. The van der Waals surface area contributed by atoms with Gasteiger partial charge in [-0.2, -0.15) is 0 Å². The molecule has 0 spiro atoms. The van der Waals surface area contributed by atoms with Crippen LogP contribution in [0.3, 0.4) is 0 Å². The monoisotopic (exact) mass is 354 g/mol. The normalized spacial score (nSPS) is 11.7. The summed E-state index contributed by atoms with van der Waals surface area (Å²) in [5.74, 6) is 1.03. The zero-order chi connectivity index (χ0) is 18.5. The number of hydrogen-bond donors (Lipinski definition) is 0. The minimum Gasteiger partial charge on any atom is -0.493 e. The molecule has 1 aromatic heterocycles. The van der Waals surface area contributed by atoms with Gasteiger partial charge in [0.25, 0.3) is 5.89 Å². The molecular formula is C19H18N2O5. The molecule has 0 unspecified atom stereocenters. The van der Waals surface area contributed by atoms with Gasteiger partial charge in [0.05, 0.1) is 19.8 Å². The van der Waals surface area contributed by atoms with Gasteiger partial charge in [0.2, 0.25) is 5.89 Å². The SMILES string of the molecule is COc1ccc(C(=O)O[C@H](C)c2nnc(-c3ccccc3)o2)cc1OC. The van der Waals surface area contributed by atoms with Crippen LogP contribution in [0.25, 0.3) is 11.5 Å². The number of hydrogen-bond acceptors (Lipinski definition) is 7. The van der Waals surface area contributed by atoms with Gasteiger partial charge in [-0.05, 0) is 37.3 Å². The lowest BCUT2D eigenvalue weighted by Crippen LogP contribution is -2.10. The van der Waals surface area contributed by atoms with Gasteiger partial charge in [0, 0.05) is 5.56 Å². The molecule has 3 rings (SSSR count). The predicted molar refractivity (Wildman–Crippen MR) is 93.1 cm³/mol. The fourth-order valence-electron chi connectivity index (χ4n) is 2.34. The molecule has 3 aromatic rings. The van der Waals surface area contributed by atoms with E-state index in [2.05, 4.69) is 10.2 Å². The summed E-state index contributed by atoms with van der Waals surface area (Å²) in [4.78, 5) is 12.4. The highest BCUT2D eigenvalue weighted by Crippen LogP contribution is 2.29. The van der Waals surface area contributed by atoms with Crippen LogP contribution in [0.1, 0.15) is 29.3 Å². The number of aromatic nitrogens is 2. The Morgan fingerprint density at radius 1 is 1.00 bits per heavy atom. The van der Waals surface area contributed by atoms with Crippen LogP contribution in [-0.4, -0.2) is 30.4 Å². The van der Waals surface area contributed by atoms with E-state index in [0.29, 0.717) is 23.0 Å². The molecular weight excluding hydrogens is 336 g/mol. The third-order valence-electron chi connectivity index (χ3n) is 3.71. The van der Waals surface area contributed by atoms with Crippen molar-refractivity contribution < 1.29 is 23.4 Å². The number of ether oxygens (including phenoxy) is 3. The molecule has 26 heavy (non-hydrogen) atoms. The van der Waals surface area contributed by atoms with Crippen molar-refractivity contribution >= 4 is 5.97 Å². The second-order valence-corrected chi connectivity index (χ2v) is 5.43. The van der Waals surface area contributed by atoms with Crippen LogP contribution in [0.4, 0.5) is 0 Å². The first-order valence-corrected chi connectivity index (χ1v) is 7.94. The lowest BCUT2D eigenvalue weighted by molar-refractivity contribution is 0.0279. The van der Waals surface area contributed by atoms with E-state index in [1.54, 1.807) is 25.1 Å². The minimum absolute atomic E-state index is 0.220. The second kappa shape index (κ2) is 7.69. The number of benzene rings is 2. The molecule has 0 amide bonds. The summed E-state index contributed by atoms with van der Waals surface area (Å²) < 4.78 is 21.4. The molecule has 134 valence electrons. The van der Waals surface area contributed by atoms with Crippen molar-refractivity contribution in [2.75, 3.05) is 14.2 Å². The average Bonchev–Trinajstić information content (AvgIpc) is 3.18. The van der Waals surface area contributed by atoms with Crippen LogP contribution >= 0.6 is 0 Å². The number of methoxy groups -OCH3 is 2. The summed E-state index contributed by atoms with van der Waals surface area (Å²) in [7, 11) is 3.02. The minimum atomic E-state index is -0.694. The Kier molecular flexibility index (Phi) is 5.17. The average molecular weight is 354 g/mol. The van der Waals surface area contributed by atoms with E-state index in [-0.39, 0.29) is 5.89 Å². The highest BCUT2D eigenvalue weighted by molar-refractivity contribution is 5.90. The Labute approximate surface area is 150 Å². The van der Waals surface area contributed by atoms with Crippen molar-refractivity contribution in [2.24, 2.45) is 0 Å². The van der Waals surface area contributed by atoms with Crippen molar-refractivity contribution in [3.05, 3.63) is 60.0 Å². The molecule has 1 atom stereocenters. The van der Waals surface area contributed by atoms with Crippen LogP contribution in [0, 0.1) is 0 Å². The Hall–Kier alpha value is -3.35. The van der Waals surface area contributed by atoms with Gasteiger partial charge < -0.3 is 18.6 Å². The van der Waals surface area contributed by atoms with E-state index in [4.69, 9.17) is 18.6 Å². The third-order valence-corrected chi connectivity index (χ3v) is 3.71. The van der Waals surface area contributed by atoms with Crippen LogP contribution in [0.15, 0.2) is 52.9 Å². The fraction of sp³-hybridized carbons (Fsp3) is 0.211. The zero-order valence-electron chi connectivity index (χ0n) is 14.6. The van der Waals surface area contributed by atoms with Crippen molar-refractivity contribution in [3.8, 4) is 23.0 Å². The van der Waals surface area contributed by atoms with Gasteiger partial charge in [0.15, 0.2) is 17.6 Å². The van der Waals surface area contributed by atoms with Crippen molar-refractivity contribution in [1.29, 1.82) is 0 Å². The van der Waals surface area contributed by atoms with Crippen molar-refractivity contribution in [2.45, 2.75) is 13.0 Å². The van der Waals surface area contributed by atoms with E-state index in [1.807, 2.05) is 30.3 Å². The lowest BCUT2D eigenvalue weighted by Gasteiger charge is -2.11. The van der Waals surface area contributed by atoms with Gasteiger partial charge in [-0.25, -0.2) is 4.79 Å². The number of carbonyl (C=O) groups excluding carboxylic acids is 1. The van der Waals surface area contributed by atoms with Crippen LogP contribution in [0.2, 0.25) is 0 Å². The topological polar surface area (TPSA) is 83.7 Å². The summed E-state index contributed by atoms with van der Waals surface area (Å²) in [5.41, 5.74) is 1.13. The largest absolute Gasteiger partial charge is 0.493 e. The summed E-state index contributed by atoms with van der Waals surface area (Å²) in [6.07, 6.45) is -0.694. The molecule has 0 aliphatic heterocycles. The Bertz CT molecular complexity index is 892. The highest BCUT2D eigenvalue weighted by atomic mass is 16.6. The molecule has 0 bridgehead atoms. The Morgan fingerprint density at radius 2 is 1.73 bits per heavy atom. The van der Waals surface area contributed by atoms with E-state index in [9.17, 15) is 4.79 Å². The highest BCUT2D eigenvalue weighted by Gasteiger charge is 2.21. The van der Waals surface area contributed by atoms with Gasteiger partial charge in [-0.3, -0.25) is 0 Å². The van der Waals surface area contributed by atoms with Crippen LogP contribution in [0.5, 0.6) is 11.5 Å². The summed E-state index contributed by atoms with van der Waals surface area (Å²) >= 11 is 0. The van der Waals surface area contributed by atoms with Crippen LogP contribution in [-0.2, 0) is 4.74 Å². The molecule has 0 radical (unpaired) electrons. The predicted octanol–water partition coefficient (Wildman–Crippen LogP) is 3.67. The Morgan fingerprint density at radius 3 is 2.42 bits per heavy atom. The molecule has 2 aromatic carbocycles. The number of esters is 1. The maximum atomic E-state index is 12.4. The molecule has 0 N–H and O–H groups in total. The van der Waals surface area contributed by atoms with Gasteiger partial charge in [-0.15, -0.1) is 10.2 Å². The first-order valence-electron chi connectivity index (χ1n) is 7.94. The zero-order valence-corrected chi connectivity index (χ0v) is 14.6. The quantitative estimate of drug-likeness (QED) is 0.624. The molecule has 7 heteroatoms. The maximum absolute atomic E-state index is 12.4. The second-order valence-electron chi connectivity index (χ2n) is 5.43. The number of rotatable bonds is 6. The molecule has 0 aliphatic rings. The summed E-state index contributed by atoms with van der Waals surface area (Å²) in [6.45, 7) is 1.67. The smallest absolute Gasteiger partial charge is 0.339 e. The van der Waals surface area contributed by atoms with Crippen molar-refractivity contribution in [1.82, 2.24) is 10.2 Å². The standard InChI is InChI=1S/C19H18N2O5/c1-12(17-20-21-18(26-17)13-7-5-4-6-8-13)25-19(22)14-9-10-15(23-2)16(11-14)24-3/h4-12H,1-3H3/t12-/m1/s1. The van der Waals surface area contributed by atoms with Crippen LogP contribution < -0.4 is 9.47 Å². The summed E-state index contributed by atoms with van der Waals surface area (Å²) in [6, 6.07) is 14.2. The molecule has 1 heterocycles. The molecule has 7 nitrogen and oxygen atoms in total. The first-order chi connectivity index (χ1) is 12.6. The van der Waals surface area contributed by atoms with E-state index >= 15 is 0 Å². The fourth-order valence-corrected chi connectivity index (χ4v) is 2.34. The van der Waals surface area contributed by atoms with Crippen molar-refractivity contribution in [3.63, 3.8) is 0 Å². The van der Waals surface area contributed by atoms with Gasteiger partial charge >= 0.3 is 5.97 Å². The van der Waals surface area contributed by atoms with E-state index in [1.165, 1.54) is 14.2 Å². The molecule has 0 fully saturated rings. The Balaban J connectivity index is 1.73. The van der Waals surface area contributed by atoms with E-state index < -0.39 is 12.1 Å². The molecule has 0 saturated heterocycles. The van der Waals surface area contributed by atoms with E-state index in [0.717, 1.165) is 5.56 Å².